The Morgan fingerprint density at radius 2 is 2.00 bits per heavy atom. The molecule has 2 amide bonds. The first-order valence-corrected chi connectivity index (χ1v) is 8.16. The molecule has 3 N–H and O–H groups in total. The topological polar surface area (TPSA) is 78.4 Å². The number of hydrogen-bond donors (Lipinski definition) is 3. The normalized spacial score (nSPS) is 16.0. The van der Waals surface area contributed by atoms with Gasteiger partial charge in [-0.15, -0.1) is 0 Å². The molecule has 1 saturated carbocycles. The van der Waals surface area contributed by atoms with Crippen molar-refractivity contribution in [3.8, 4) is 0 Å². The van der Waals surface area contributed by atoms with Gasteiger partial charge in [-0.1, -0.05) is 29.3 Å². The predicted octanol–water partition coefficient (Wildman–Crippen LogP) is 4.22. The van der Waals surface area contributed by atoms with E-state index in [2.05, 4.69) is 49.4 Å². The number of urea groups is 1. The van der Waals surface area contributed by atoms with E-state index in [-0.39, 0.29) is 16.7 Å². The molecule has 114 valence electrons. The SMILES string of the molecule is CC1(CNC(=O)Nc2c(Br)cc(Br)cc2C(=O)O)CCC1. The summed E-state index contributed by atoms with van der Waals surface area (Å²) in [6.07, 6.45) is 3.41. The second-order valence-electron chi connectivity index (χ2n) is 5.59. The summed E-state index contributed by atoms with van der Waals surface area (Å²) in [5, 5.41) is 14.6. The van der Waals surface area contributed by atoms with Gasteiger partial charge in [0.1, 0.15) is 0 Å². The largest absolute Gasteiger partial charge is 0.478 e. The Morgan fingerprint density at radius 3 is 2.52 bits per heavy atom. The van der Waals surface area contributed by atoms with Gasteiger partial charge in [-0.3, -0.25) is 0 Å². The van der Waals surface area contributed by atoms with Crippen LogP contribution in [0.1, 0.15) is 36.5 Å². The standard InChI is InChI=1S/C14H16Br2N2O3/c1-14(3-2-4-14)7-17-13(21)18-11-9(12(19)20)5-8(15)6-10(11)16/h5-6H,2-4,7H2,1H3,(H,19,20)(H2,17,18,21). The molecule has 7 heteroatoms. The Balaban J connectivity index is 2.08. The van der Waals surface area contributed by atoms with Gasteiger partial charge >= 0.3 is 12.0 Å². The summed E-state index contributed by atoms with van der Waals surface area (Å²) in [4.78, 5) is 23.2. The van der Waals surface area contributed by atoms with E-state index in [4.69, 9.17) is 0 Å². The Morgan fingerprint density at radius 1 is 1.33 bits per heavy atom. The van der Waals surface area contributed by atoms with Crippen molar-refractivity contribution in [1.29, 1.82) is 0 Å². The van der Waals surface area contributed by atoms with Crippen LogP contribution in [0.3, 0.4) is 0 Å². The summed E-state index contributed by atoms with van der Waals surface area (Å²) in [5.74, 6) is -1.10. The molecule has 1 aromatic rings. The van der Waals surface area contributed by atoms with Crippen LogP contribution in [0.2, 0.25) is 0 Å². The highest BCUT2D eigenvalue weighted by Crippen LogP contribution is 2.39. The first-order valence-electron chi connectivity index (χ1n) is 6.58. The van der Waals surface area contributed by atoms with Gasteiger partial charge in [0, 0.05) is 15.5 Å². The summed E-state index contributed by atoms with van der Waals surface area (Å²) < 4.78 is 1.14. The van der Waals surface area contributed by atoms with Crippen LogP contribution in [-0.4, -0.2) is 23.7 Å². The predicted molar refractivity (Wildman–Crippen MR) is 87.8 cm³/mol. The average molecular weight is 420 g/mol. The molecule has 0 saturated heterocycles. The average Bonchev–Trinajstić information content (AvgIpc) is 2.36. The van der Waals surface area contributed by atoms with Crippen molar-refractivity contribution >= 4 is 49.5 Å². The van der Waals surface area contributed by atoms with E-state index in [9.17, 15) is 14.7 Å². The summed E-state index contributed by atoms with van der Waals surface area (Å²) in [7, 11) is 0. The molecule has 2 rings (SSSR count). The van der Waals surface area contributed by atoms with Crippen LogP contribution < -0.4 is 10.6 Å². The Bertz CT molecular complexity index is 586. The minimum absolute atomic E-state index is 0.0289. The van der Waals surface area contributed by atoms with Gasteiger partial charge < -0.3 is 15.7 Å². The molecule has 0 radical (unpaired) electrons. The fourth-order valence-corrected chi connectivity index (χ4v) is 3.60. The van der Waals surface area contributed by atoms with Gasteiger partial charge in [-0.05, 0) is 46.3 Å². The van der Waals surface area contributed by atoms with Crippen molar-refractivity contribution in [3.05, 3.63) is 26.6 Å². The van der Waals surface area contributed by atoms with Gasteiger partial charge in [0.2, 0.25) is 0 Å². The minimum atomic E-state index is -1.10. The van der Waals surface area contributed by atoms with Crippen molar-refractivity contribution in [1.82, 2.24) is 5.32 Å². The number of hydrogen-bond acceptors (Lipinski definition) is 2. The van der Waals surface area contributed by atoms with E-state index < -0.39 is 12.0 Å². The molecule has 0 atom stereocenters. The molecular weight excluding hydrogens is 404 g/mol. The fourth-order valence-electron chi connectivity index (χ4n) is 2.28. The lowest BCUT2D eigenvalue weighted by Crippen LogP contribution is -2.41. The number of nitrogens with one attached hydrogen (secondary N) is 2. The monoisotopic (exact) mass is 418 g/mol. The molecule has 1 aromatic carbocycles. The van der Waals surface area contributed by atoms with Crippen LogP contribution in [0.4, 0.5) is 10.5 Å². The minimum Gasteiger partial charge on any atom is -0.478 e. The maximum Gasteiger partial charge on any atom is 0.337 e. The lowest BCUT2D eigenvalue weighted by Gasteiger charge is -2.38. The van der Waals surface area contributed by atoms with Crippen LogP contribution in [0.5, 0.6) is 0 Å². The van der Waals surface area contributed by atoms with E-state index in [1.807, 2.05) is 0 Å². The van der Waals surface area contributed by atoms with Crippen LogP contribution in [0, 0.1) is 5.41 Å². The van der Waals surface area contributed by atoms with Gasteiger partial charge in [0.05, 0.1) is 11.3 Å². The highest BCUT2D eigenvalue weighted by atomic mass is 79.9. The van der Waals surface area contributed by atoms with Crippen molar-refractivity contribution in [2.45, 2.75) is 26.2 Å². The molecule has 1 aliphatic rings. The number of carboxylic acids is 1. The molecule has 0 spiro atoms. The highest BCUT2D eigenvalue weighted by Gasteiger charge is 2.32. The molecule has 21 heavy (non-hydrogen) atoms. The fraction of sp³-hybridized carbons (Fsp3) is 0.429. The number of rotatable bonds is 4. The first kappa shape index (κ1) is 16.3. The zero-order valence-electron chi connectivity index (χ0n) is 11.5. The summed E-state index contributed by atoms with van der Waals surface area (Å²) in [5.41, 5.74) is 0.451. The number of carboxylic acid groups (broad SMARTS) is 1. The Kier molecular flexibility index (Phi) is 4.93. The lowest BCUT2D eigenvalue weighted by atomic mass is 9.70. The Labute approximate surface area is 139 Å². The van der Waals surface area contributed by atoms with Crippen LogP contribution >= 0.6 is 31.9 Å². The third-order valence-electron chi connectivity index (χ3n) is 3.76. The first-order chi connectivity index (χ1) is 9.81. The number of amides is 2. The third-order valence-corrected chi connectivity index (χ3v) is 4.84. The lowest BCUT2D eigenvalue weighted by molar-refractivity contribution is 0.0698. The molecule has 0 bridgehead atoms. The molecule has 0 heterocycles. The van der Waals surface area contributed by atoms with Crippen LogP contribution in [-0.2, 0) is 0 Å². The van der Waals surface area contributed by atoms with E-state index in [0.29, 0.717) is 15.5 Å². The van der Waals surface area contributed by atoms with E-state index >= 15 is 0 Å². The maximum absolute atomic E-state index is 12.0. The van der Waals surface area contributed by atoms with Crippen LogP contribution in [0.25, 0.3) is 0 Å². The molecule has 5 nitrogen and oxygen atoms in total. The van der Waals surface area contributed by atoms with Gasteiger partial charge in [0.15, 0.2) is 0 Å². The number of carbonyl (C=O) groups is 2. The molecular formula is C14H16Br2N2O3. The van der Waals surface area contributed by atoms with Gasteiger partial charge in [0.25, 0.3) is 0 Å². The summed E-state index contributed by atoms with van der Waals surface area (Å²) in [6, 6.07) is 2.75. The molecule has 1 fully saturated rings. The quantitative estimate of drug-likeness (QED) is 0.683. The van der Waals surface area contributed by atoms with E-state index in [1.54, 1.807) is 6.07 Å². The second-order valence-corrected chi connectivity index (χ2v) is 7.36. The highest BCUT2D eigenvalue weighted by molar-refractivity contribution is 9.11. The summed E-state index contributed by atoms with van der Waals surface area (Å²) in [6.45, 7) is 2.73. The van der Waals surface area contributed by atoms with E-state index in [0.717, 1.165) is 12.8 Å². The van der Waals surface area contributed by atoms with Crippen molar-refractivity contribution in [3.63, 3.8) is 0 Å². The van der Waals surface area contributed by atoms with Gasteiger partial charge in [-0.25, -0.2) is 9.59 Å². The van der Waals surface area contributed by atoms with Crippen LogP contribution in [0.15, 0.2) is 21.1 Å². The number of carbonyl (C=O) groups excluding carboxylic acids is 1. The molecule has 0 aliphatic heterocycles. The number of aromatic carboxylic acids is 1. The van der Waals surface area contributed by atoms with Gasteiger partial charge in [-0.2, -0.15) is 0 Å². The molecule has 0 aromatic heterocycles. The molecule has 0 unspecified atom stereocenters. The zero-order chi connectivity index (χ0) is 15.6. The Hall–Kier alpha value is -1.08. The van der Waals surface area contributed by atoms with Crippen molar-refractivity contribution in [2.24, 2.45) is 5.41 Å². The van der Waals surface area contributed by atoms with Crippen molar-refractivity contribution < 1.29 is 14.7 Å². The number of benzene rings is 1. The van der Waals surface area contributed by atoms with E-state index in [1.165, 1.54) is 12.5 Å². The maximum atomic E-state index is 12.0. The third kappa shape index (κ3) is 3.97. The molecule has 1 aliphatic carbocycles. The second kappa shape index (κ2) is 6.36. The number of anilines is 1. The number of halogens is 2. The zero-order valence-corrected chi connectivity index (χ0v) is 14.7. The summed E-state index contributed by atoms with van der Waals surface area (Å²) >= 11 is 6.51. The smallest absolute Gasteiger partial charge is 0.337 e. The van der Waals surface area contributed by atoms with Crippen molar-refractivity contribution in [2.75, 3.05) is 11.9 Å².